The lowest BCUT2D eigenvalue weighted by Crippen LogP contribution is -2.55. The van der Waals surface area contributed by atoms with Gasteiger partial charge in [0.25, 0.3) is 5.91 Å². The van der Waals surface area contributed by atoms with Gasteiger partial charge in [-0.2, -0.15) is 0 Å². The molecule has 0 aliphatic carbocycles. The topological polar surface area (TPSA) is 77.5 Å². The van der Waals surface area contributed by atoms with Crippen LogP contribution >= 0.6 is 24.0 Å². The number of carbonyl (C=O) groups excluding carboxylic acids is 2. The number of nitrogens with one attached hydrogen (secondary N) is 1. The molecule has 0 aromatic heterocycles. The van der Waals surface area contributed by atoms with Crippen LogP contribution in [0.1, 0.15) is 31.7 Å². The van der Waals surface area contributed by atoms with E-state index in [0.29, 0.717) is 32.8 Å². The Morgan fingerprint density at radius 3 is 2.56 bits per heavy atom. The van der Waals surface area contributed by atoms with Crippen LogP contribution in [0.4, 0.5) is 5.69 Å². The van der Waals surface area contributed by atoms with Crippen LogP contribution in [0.15, 0.2) is 29.3 Å². The van der Waals surface area contributed by atoms with Gasteiger partial charge in [0, 0.05) is 51.6 Å². The average molecular weight is 555 g/mol. The fraction of sp³-hybridized carbons (Fsp3) is 0.609. The molecule has 176 valence electrons. The van der Waals surface area contributed by atoms with Crippen molar-refractivity contribution in [2.24, 2.45) is 4.99 Å². The Morgan fingerprint density at radius 2 is 1.84 bits per heavy atom. The van der Waals surface area contributed by atoms with Crippen LogP contribution in [0, 0.1) is 0 Å². The summed E-state index contributed by atoms with van der Waals surface area (Å²) in [5, 5.41) is 3.31. The summed E-state index contributed by atoms with van der Waals surface area (Å²) in [5.74, 6) is 0.873. The highest BCUT2D eigenvalue weighted by atomic mass is 127. The number of hydrogen-bond donors (Lipinski definition) is 1. The van der Waals surface area contributed by atoms with E-state index in [2.05, 4.69) is 21.3 Å². The van der Waals surface area contributed by atoms with Crippen LogP contribution in [-0.4, -0.2) is 86.1 Å². The van der Waals surface area contributed by atoms with E-state index in [4.69, 9.17) is 4.74 Å². The standard InChI is InChI=1S/C23H33N5O3.HI/c1-2-24-23(27-14-12-26(13-15-27)22(30)20-10-6-16-31-20)25-17-21(29)28-11-5-8-18-7-3-4-9-19(18)28;/h3-4,7,9,20H,2,5-6,8,10-17H2,1H3,(H,24,25);1H. The molecule has 0 spiro atoms. The molecule has 1 N–H and O–H groups in total. The number of guanidine groups is 1. The van der Waals surface area contributed by atoms with Crippen LogP contribution in [0.2, 0.25) is 0 Å². The predicted molar refractivity (Wildman–Crippen MR) is 136 cm³/mol. The maximum atomic E-state index is 12.9. The zero-order valence-electron chi connectivity index (χ0n) is 18.8. The molecule has 1 atom stereocenters. The maximum Gasteiger partial charge on any atom is 0.251 e. The van der Waals surface area contributed by atoms with Crippen LogP contribution in [0.3, 0.4) is 0 Å². The van der Waals surface area contributed by atoms with E-state index >= 15 is 0 Å². The van der Waals surface area contributed by atoms with Gasteiger partial charge in [-0.15, -0.1) is 24.0 Å². The summed E-state index contributed by atoms with van der Waals surface area (Å²) in [6, 6.07) is 8.12. The zero-order valence-corrected chi connectivity index (χ0v) is 21.1. The monoisotopic (exact) mass is 555 g/mol. The number of rotatable bonds is 4. The number of nitrogens with zero attached hydrogens (tertiary/aromatic N) is 4. The molecular weight excluding hydrogens is 521 g/mol. The number of piperazine rings is 1. The number of anilines is 1. The Balaban J connectivity index is 0.00000289. The van der Waals surface area contributed by atoms with E-state index in [-0.39, 0.29) is 48.4 Å². The molecule has 3 heterocycles. The van der Waals surface area contributed by atoms with Crippen molar-refractivity contribution < 1.29 is 14.3 Å². The third kappa shape index (κ3) is 5.72. The summed E-state index contributed by atoms with van der Waals surface area (Å²) >= 11 is 0. The van der Waals surface area contributed by atoms with Gasteiger partial charge >= 0.3 is 0 Å². The Bertz CT molecular complexity index is 820. The SMILES string of the molecule is CCNC(=NCC(=O)N1CCCc2ccccc21)N1CCN(C(=O)C2CCCO2)CC1.I. The van der Waals surface area contributed by atoms with Crippen molar-refractivity contribution in [2.75, 3.05) is 57.3 Å². The van der Waals surface area contributed by atoms with Crippen LogP contribution in [0.5, 0.6) is 0 Å². The second-order valence-electron chi connectivity index (χ2n) is 8.26. The van der Waals surface area contributed by atoms with Gasteiger partial charge in [0.2, 0.25) is 5.91 Å². The molecule has 2 amide bonds. The minimum atomic E-state index is -0.265. The molecule has 0 bridgehead atoms. The molecule has 1 aromatic rings. The van der Waals surface area contributed by atoms with Crippen LogP contribution in [-0.2, 0) is 20.7 Å². The number of aryl methyl sites for hydroxylation is 1. The smallest absolute Gasteiger partial charge is 0.251 e. The van der Waals surface area contributed by atoms with Gasteiger partial charge in [0.05, 0.1) is 0 Å². The summed E-state index contributed by atoms with van der Waals surface area (Å²) in [4.78, 5) is 36.1. The number of carbonyl (C=O) groups is 2. The van der Waals surface area contributed by atoms with E-state index in [0.717, 1.165) is 50.4 Å². The number of hydrogen-bond acceptors (Lipinski definition) is 4. The normalized spacial score (nSPS) is 21.1. The number of aliphatic imine (C=N–C) groups is 1. The molecule has 32 heavy (non-hydrogen) atoms. The number of halogens is 1. The van der Waals surface area contributed by atoms with Gasteiger partial charge in [-0.3, -0.25) is 9.59 Å². The number of benzene rings is 1. The molecule has 0 radical (unpaired) electrons. The molecule has 1 unspecified atom stereocenters. The van der Waals surface area contributed by atoms with E-state index in [1.165, 1.54) is 5.56 Å². The molecular formula is C23H34IN5O3. The first kappa shape index (κ1) is 24.8. The van der Waals surface area contributed by atoms with Crippen molar-refractivity contribution in [2.45, 2.75) is 38.7 Å². The summed E-state index contributed by atoms with van der Waals surface area (Å²) < 4.78 is 5.55. The first-order valence-electron chi connectivity index (χ1n) is 11.5. The van der Waals surface area contributed by atoms with Crippen molar-refractivity contribution >= 4 is 47.4 Å². The average Bonchev–Trinajstić information content (AvgIpc) is 3.36. The summed E-state index contributed by atoms with van der Waals surface area (Å²) in [6.45, 7) is 6.99. The van der Waals surface area contributed by atoms with Crippen molar-refractivity contribution in [3.05, 3.63) is 29.8 Å². The molecule has 1 aromatic carbocycles. The molecule has 9 heteroatoms. The zero-order chi connectivity index (χ0) is 21.6. The Morgan fingerprint density at radius 1 is 1.09 bits per heavy atom. The number of para-hydroxylation sites is 1. The third-order valence-electron chi connectivity index (χ3n) is 6.21. The van der Waals surface area contributed by atoms with Gasteiger partial charge in [-0.05, 0) is 44.2 Å². The Kier molecular flexibility index (Phi) is 9.15. The van der Waals surface area contributed by atoms with E-state index < -0.39 is 0 Å². The minimum absolute atomic E-state index is 0. The van der Waals surface area contributed by atoms with Crippen molar-refractivity contribution in [3.63, 3.8) is 0 Å². The third-order valence-corrected chi connectivity index (χ3v) is 6.21. The molecule has 0 saturated carbocycles. The predicted octanol–water partition coefficient (Wildman–Crippen LogP) is 1.87. The molecule has 3 aliphatic rings. The Labute approximate surface area is 207 Å². The highest BCUT2D eigenvalue weighted by Gasteiger charge is 2.31. The molecule has 8 nitrogen and oxygen atoms in total. The number of amides is 2. The molecule has 4 rings (SSSR count). The van der Waals surface area contributed by atoms with Crippen LogP contribution in [0.25, 0.3) is 0 Å². The lowest BCUT2D eigenvalue weighted by atomic mass is 10.0. The highest BCUT2D eigenvalue weighted by Crippen LogP contribution is 2.26. The quantitative estimate of drug-likeness (QED) is 0.349. The lowest BCUT2D eigenvalue weighted by Gasteiger charge is -2.37. The van der Waals surface area contributed by atoms with Crippen molar-refractivity contribution in [1.29, 1.82) is 0 Å². The first-order valence-corrected chi connectivity index (χ1v) is 11.5. The molecule has 2 saturated heterocycles. The van der Waals surface area contributed by atoms with E-state index in [1.54, 1.807) is 0 Å². The number of fused-ring (bicyclic) bond motifs is 1. The van der Waals surface area contributed by atoms with Gasteiger partial charge in [0.15, 0.2) is 5.96 Å². The van der Waals surface area contributed by atoms with Crippen molar-refractivity contribution in [3.8, 4) is 0 Å². The minimum Gasteiger partial charge on any atom is -0.368 e. The van der Waals surface area contributed by atoms with Gasteiger partial charge < -0.3 is 24.8 Å². The van der Waals surface area contributed by atoms with E-state index in [9.17, 15) is 9.59 Å². The lowest BCUT2D eigenvalue weighted by molar-refractivity contribution is -0.142. The molecule has 3 aliphatic heterocycles. The van der Waals surface area contributed by atoms with Gasteiger partial charge in [-0.25, -0.2) is 4.99 Å². The van der Waals surface area contributed by atoms with Gasteiger partial charge in [-0.1, -0.05) is 18.2 Å². The summed E-state index contributed by atoms with van der Waals surface area (Å²) in [7, 11) is 0. The fourth-order valence-corrected chi connectivity index (χ4v) is 4.56. The van der Waals surface area contributed by atoms with E-state index in [1.807, 2.05) is 34.9 Å². The first-order chi connectivity index (χ1) is 15.2. The summed E-state index contributed by atoms with van der Waals surface area (Å²) in [5.41, 5.74) is 2.24. The van der Waals surface area contributed by atoms with Crippen LogP contribution < -0.4 is 10.2 Å². The van der Waals surface area contributed by atoms with Gasteiger partial charge in [0.1, 0.15) is 12.6 Å². The second kappa shape index (κ2) is 11.8. The number of ether oxygens (including phenoxy) is 1. The maximum absolute atomic E-state index is 12.9. The highest BCUT2D eigenvalue weighted by molar-refractivity contribution is 14.0. The van der Waals surface area contributed by atoms with Crippen molar-refractivity contribution in [1.82, 2.24) is 15.1 Å². The summed E-state index contributed by atoms with van der Waals surface area (Å²) in [6.07, 6.45) is 3.51. The Hall–Kier alpha value is -1.88. The molecule has 2 fully saturated rings. The second-order valence-corrected chi connectivity index (χ2v) is 8.26. The fourth-order valence-electron chi connectivity index (χ4n) is 4.56. The largest absolute Gasteiger partial charge is 0.368 e.